The minimum absolute atomic E-state index is 0.0305. The number of fused-ring (bicyclic) bond motifs is 2. The number of carbonyl (C=O) groups excluding carboxylic acids is 2. The Bertz CT molecular complexity index is 1590. The molecule has 3 aromatic carbocycles. The van der Waals surface area contributed by atoms with Crippen LogP contribution in [0.15, 0.2) is 70.6 Å². The first-order chi connectivity index (χ1) is 23.4. The van der Waals surface area contributed by atoms with Crippen LogP contribution in [0.4, 0.5) is 11.4 Å². The normalized spacial score (nSPS) is 18.6. The van der Waals surface area contributed by atoms with E-state index in [1.165, 1.54) is 0 Å². The molecule has 0 unspecified atom stereocenters. The molecule has 0 saturated carbocycles. The minimum atomic E-state index is -0.0305. The van der Waals surface area contributed by atoms with E-state index in [2.05, 4.69) is 68.6 Å². The number of benzene rings is 3. The van der Waals surface area contributed by atoms with Crippen molar-refractivity contribution in [2.75, 3.05) is 92.6 Å². The summed E-state index contributed by atoms with van der Waals surface area (Å²) in [6.45, 7) is 11.6. The second-order valence-corrected chi connectivity index (χ2v) is 13.5. The summed E-state index contributed by atoms with van der Waals surface area (Å²) in [5.41, 5.74) is 9.53. The lowest BCUT2D eigenvalue weighted by Crippen LogP contribution is -2.46. The standard InChI is InChI=1S/C38H46N8O2/c1-43-15-19-45(20-16-43)13-11-39-37(47)29-7-9-33-31(23-29)25-35(41-33)27-3-5-28(6-4-27)36-26-32-24-30(8-10-34(32)42-36)38(48)40-12-14-46-21-17-44(2)18-22-46/h3-10,23-24H,11-22,25-26H2,1-2H3,(H,39,47)(H,40,48). The number of hydrogen-bond donors (Lipinski definition) is 2. The molecular weight excluding hydrogens is 600 g/mol. The maximum absolute atomic E-state index is 12.9. The fourth-order valence-electron chi connectivity index (χ4n) is 6.88. The predicted octanol–water partition coefficient (Wildman–Crippen LogP) is 2.99. The lowest BCUT2D eigenvalue weighted by Gasteiger charge is -2.32. The molecule has 2 fully saturated rings. The molecule has 0 bridgehead atoms. The van der Waals surface area contributed by atoms with Crippen LogP contribution in [0.25, 0.3) is 0 Å². The van der Waals surface area contributed by atoms with Crippen molar-refractivity contribution >= 4 is 34.6 Å². The molecule has 4 heterocycles. The molecule has 3 aromatic rings. The molecule has 4 aliphatic rings. The number of rotatable bonds is 10. The molecule has 10 heteroatoms. The molecular formula is C38H46N8O2. The number of nitrogens with zero attached hydrogens (tertiary/aromatic N) is 6. The van der Waals surface area contributed by atoms with Crippen LogP contribution in [0.2, 0.25) is 0 Å². The van der Waals surface area contributed by atoms with E-state index in [0.717, 1.165) is 110 Å². The highest BCUT2D eigenvalue weighted by Gasteiger charge is 2.22. The summed E-state index contributed by atoms with van der Waals surface area (Å²) < 4.78 is 0. The van der Waals surface area contributed by atoms with Gasteiger partial charge in [-0.2, -0.15) is 0 Å². The van der Waals surface area contributed by atoms with E-state index >= 15 is 0 Å². The molecule has 4 aliphatic heterocycles. The molecule has 0 spiro atoms. The van der Waals surface area contributed by atoms with Crippen molar-refractivity contribution in [2.24, 2.45) is 9.98 Å². The lowest BCUT2D eigenvalue weighted by molar-refractivity contribution is 0.0933. The molecule has 10 nitrogen and oxygen atoms in total. The summed E-state index contributed by atoms with van der Waals surface area (Å²) in [5, 5.41) is 6.19. The topological polar surface area (TPSA) is 95.9 Å². The third-order valence-electron chi connectivity index (χ3n) is 10.1. The van der Waals surface area contributed by atoms with Gasteiger partial charge in [-0.15, -0.1) is 0 Å². The lowest BCUT2D eigenvalue weighted by atomic mass is 9.98. The van der Waals surface area contributed by atoms with Crippen LogP contribution in [-0.2, 0) is 12.8 Å². The third-order valence-corrected chi connectivity index (χ3v) is 10.1. The average molecular weight is 647 g/mol. The zero-order valence-corrected chi connectivity index (χ0v) is 28.2. The minimum Gasteiger partial charge on any atom is -0.351 e. The van der Waals surface area contributed by atoms with Crippen LogP contribution < -0.4 is 10.6 Å². The Morgan fingerprint density at radius 3 is 1.38 bits per heavy atom. The number of amides is 2. The average Bonchev–Trinajstić information content (AvgIpc) is 3.74. The largest absolute Gasteiger partial charge is 0.351 e. The quantitative estimate of drug-likeness (QED) is 0.352. The van der Waals surface area contributed by atoms with Crippen molar-refractivity contribution in [3.05, 3.63) is 94.0 Å². The van der Waals surface area contributed by atoms with E-state index in [1.54, 1.807) is 0 Å². The van der Waals surface area contributed by atoms with Crippen LogP contribution in [0.5, 0.6) is 0 Å². The number of piperazine rings is 2. The van der Waals surface area contributed by atoms with Gasteiger partial charge in [-0.3, -0.25) is 29.4 Å². The van der Waals surface area contributed by atoms with Crippen LogP contribution in [-0.4, -0.2) is 135 Å². The number of hydrogen-bond acceptors (Lipinski definition) is 8. The van der Waals surface area contributed by atoms with E-state index in [1.807, 2.05) is 36.4 Å². The number of aliphatic imine (C=N–C) groups is 2. The number of nitrogens with one attached hydrogen (secondary N) is 2. The van der Waals surface area contributed by atoms with E-state index in [9.17, 15) is 9.59 Å². The summed E-state index contributed by atoms with van der Waals surface area (Å²) >= 11 is 0. The van der Waals surface area contributed by atoms with Gasteiger partial charge in [0.1, 0.15) is 0 Å². The van der Waals surface area contributed by atoms with Gasteiger partial charge in [0.15, 0.2) is 0 Å². The summed E-state index contributed by atoms with van der Waals surface area (Å²) in [7, 11) is 4.30. The van der Waals surface area contributed by atoms with Gasteiger partial charge in [0.05, 0.1) is 22.8 Å². The van der Waals surface area contributed by atoms with Crippen molar-refractivity contribution < 1.29 is 9.59 Å². The Kier molecular flexibility index (Phi) is 9.76. The number of likely N-dealkylation sites (N-methyl/N-ethyl adjacent to an activating group) is 2. The van der Waals surface area contributed by atoms with Crippen molar-refractivity contribution in [2.45, 2.75) is 12.8 Å². The molecule has 48 heavy (non-hydrogen) atoms. The fourth-order valence-corrected chi connectivity index (χ4v) is 6.88. The van der Waals surface area contributed by atoms with E-state index in [-0.39, 0.29) is 11.8 Å². The van der Waals surface area contributed by atoms with E-state index < -0.39 is 0 Å². The van der Waals surface area contributed by atoms with Crippen molar-refractivity contribution in [3.8, 4) is 0 Å². The van der Waals surface area contributed by atoms with Crippen LogP contribution in [0, 0.1) is 0 Å². The van der Waals surface area contributed by atoms with Gasteiger partial charge in [-0.25, -0.2) is 0 Å². The predicted molar refractivity (Wildman–Crippen MR) is 192 cm³/mol. The second kappa shape index (κ2) is 14.5. The summed E-state index contributed by atoms with van der Waals surface area (Å²) in [5.74, 6) is -0.0611. The molecule has 0 atom stereocenters. The SMILES string of the molecule is CN1CCN(CCNC(=O)c2ccc3c(c2)CC(c2ccc(C4=Nc5ccc(C(=O)NCCN6CCN(C)CC6)cc5C4)cc2)=N3)CC1. The maximum atomic E-state index is 12.9. The van der Waals surface area contributed by atoms with Crippen molar-refractivity contribution in [1.82, 2.24) is 30.2 Å². The highest BCUT2D eigenvalue weighted by atomic mass is 16.2. The Morgan fingerprint density at radius 2 is 0.979 bits per heavy atom. The van der Waals surface area contributed by atoms with Crippen LogP contribution >= 0.6 is 0 Å². The van der Waals surface area contributed by atoms with Gasteiger partial charge in [0, 0.05) is 103 Å². The van der Waals surface area contributed by atoms with E-state index in [0.29, 0.717) is 37.1 Å². The van der Waals surface area contributed by atoms with Crippen molar-refractivity contribution in [1.29, 1.82) is 0 Å². The summed E-state index contributed by atoms with van der Waals surface area (Å²) in [6, 6.07) is 20.1. The van der Waals surface area contributed by atoms with Gasteiger partial charge in [0.25, 0.3) is 11.8 Å². The van der Waals surface area contributed by atoms with Gasteiger partial charge in [0.2, 0.25) is 0 Å². The molecule has 0 radical (unpaired) electrons. The first-order valence-electron chi connectivity index (χ1n) is 17.3. The summed E-state index contributed by atoms with van der Waals surface area (Å²) in [4.78, 5) is 45.0. The zero-order valence-electron chi connectivity index (χ0n) is 28.2. The van der Waals surface area contributed by atoms with Crippen LogP contribution in [0.3, 0.4) is 0 Å². The van der Waals surface area contributed by atoms with E-state index in [4.69, 9.17) is 9.98 Å². The maximum Gasteiger partial charge on any atom is 0.251 e. The summed E-state index contributed by atoms with van der Waals surface area (Å²) in [6.07, 6.45) is 1.40. The Hall–Kier alpha value is -4.22. The fraction of sp³-hybridized carbons (Fsp3) is 0.421. The Balaban J connectivity index is 0.898. The van der Waals surface area contributed by atoms with Gasteiger partial charge < -0.3 is 20.4 Å². The molecule has 0 aliphatic carbocycles. The number of carbonyl (C=O) groups is 2. The highest BCUT2D eigenvalue weighted by molar-refractivity contribution is 6.10. The van der Waals surface area contributed by atoms with Gasteiger partial charge in [-0.05, 0) is 72.7 Å². The monoisotopic (exact) mass is 646 g/mol. The van der Waals surface area contributed by atoms with Gasteiger partial charge >= 0.3 is 0 Å². The van der Waals surface area contributed by atoms with Gasteiger partial charge in [-0.1, -0.05) is 24.3 Å². The molecule has 2 saturated heterocycles. The Morgan fingerprint density at radius 1 is 0.583 bits per heavy atom. The molecule has 0 aromatic heterocycles. The molecule has 250 valence electrons. The first kappa shape index (κ1) is 32.3. The smallest absolute Gasteiger partial charge is 0.251 e. The zero-order chi connectivity index (χ0) is 33.0. The van der Waals surface area contributed by atoms with Crippen molar-refractivity contribution in [3.63, 3.8) is 0 Å². The molecule has 7 rings (SSSR count). The highest BCUT2D eigenvalue weighted by Crippen LogP contribution is 2.32. The van der Waals surface area contributed by atoms with Crippen LogP contribution in [0.1, 0.15) is 43.0 Å². The first-order valence-corrected chi connectivity index (χ1v) is 17.3. The molecule has 2 amide bonds. The Labute approximate surface area is 283 Å². The molecule has 2 N–H and O–H groups in total. The third kappa shape index (κ3) is 7.57. The second-order valence-electron chi connectivity index (χ2n) is 13.5.